The van der Waals surface area contributed by atoms with Crippen molar-refractivity contribution in [1.82, 2.24) is 0 Å². The molecular formula is C7H8O2S. The molecule has 1 aliphatic rings. The van der Waals surface area contributed by atoms with Gasteiger partial charge in [-0.25, -0.2) is 0 Å². The SMILES string of the molecule is CC(=O)CC1=CC=CS1=O. The Morgan fingerprint density at radius 2 is 2.40 bits per heavy atom. The number of carbonyl (C=O) groups is 1. The van der Waals surface area contributed by atoms with Gasteiger partial charge in [-0.1, -0.05) is 6.08 Å². The van der Waals surface area contributed by atoms with E-state index in [2.05, 4.69) is 0 Å². The Morgan fingerprint density at radius 1 is 1.70 bits per heavy atom. The van der Waals surface area contributed by atoms with Crippen LogP contribution < -0.4 is 0 Å². The van der Waals surface area contributed by atoms with Gasteiger partial charge in [-0.2, -0.15) is 0 Å². The third-order valence-electron chi connectivity index (χ3n) is 1.17. The zero-order chi connectivity index (χ0) is 7.56. The molecule has 0 saturated carbocycles. The van der Waals surface area contributed by atoms with E-state index >= 15 is 0 Å². The van der Waals surface area contributed by atoms with Crippen LogP contribution >= 0.6 is 0 Å². The second-order valence-corrected chi connectivity index (χ2v) is 3.53. The first-order valence-electron chi connectivity index (χ1n) is 2.97. The summed E-state index contributed by atoms with van der Waals surface area (Å²) in [7, 11) is -1.02. The Balaban J connectivity index is 2.61. The smallest absolute Gasteiger partial charge is 0.134 e. The monoisotopic (exact) mass is 156 g/mol. The van der Waals surface area contributed by atoms with Crippen LogP contribution in [0.2, 0.25) is 0 Å². The van der Waals surface area contributed by atoms with Gasteiger partial charge in [0.1, 0.15) is 5.78 Å². The molecule has 0 saturated heterocycles. The normalized spacial score (nSPS) is 22.9. The molecule has 0 bridgehead atoms. The van der Waals surface area contributed by atoms with Crippen molar-refractivity contribution >= 4 is 16.6 Å². The number of ketones is 1. The number of allylic oxidation sites excluding steroid dienone is 3. The molecule has 1 aliphatic heterocycles. The predicted octanol–water partition coefficient (Wildman–Crippen LogP) is 1.13. The van der Waals surface area contributed by atoms with Crippen LogP contribution in [-0.4, -0.2) is 9.99 Å². The van der Waals surface area contributed by atoms with Crippen LogP contribution in [0.5, 0.6) is 0 Å². The minimum Gasteiger partial charge on any atom is -0.300 e. The molecule has 0 spiro atoms. The molecule has 10 heavy (non-hydrogen) atoms. The summed E-state index contributed by atoms with van der Waals surface area (Å²) in [5.41, 5.74) is 0. The van der Waals surface area contributed by atoms with E-state index in [1.54, 1.807) is 17.6 Å². The van der Waals surface area contributed by atoms with Gasteiger partial charge in [0.2, 0.25) is 0 Å². The highest BCUT2D eigenvalue weighted by Gasteiger charge is 2.09. The van der Waals surface area contributed by atoms with Crippen molar-refractivity contribution in [2.24, 2.45) is 0 Å². The Bertz CT molecular complexity index is 238. The lowest BCUT2D eigenvalue weighted by Crippen LogP contribution is -1.95. The average molecular weight is 156 g/mol. The number of rotatable bonds is 2. The van der Waals surface area contributed by atoms with Gasteiger partial charge >= 0.3 is 0 Å². The predicted molar refractivity (Wildman–Crippen MR) is 40.7 cm³/mol. The van der Waals surface area contributed by atoms with Gasteiger partial charge in [-0.15, -0.1) is 0 Å². The summed E-state index contributed by atoms with van der Waals surface area (Å²) in [4.78, 5) is 11.3. The summed E-state index contributed by atoms with van der Waals surface area (Å²) in [5, 5.41) is 1.58. The zero-order valence-electron chi connectivity index (χ0n) is 5.66. The van der Waals surface area contributed by atoms with Gasteiger partial charge in [0.25, 0.3) is 0 Å². The molecule has 54 valence electrons. The topological polar surface area (TPSA) is 34.1 Å². The van der Waals surface area contributed by atoms with Gasteiger partial charge in [-0.05, 0) is 13.0 Å². The Hall–Kier alpha value is -0.700. The van der Waals surface area contributed by atoms with E-state index in [-0.39, 0.29) is 5.78 Å². The third kappa shape index (κ3) is 1.64. The van der Waals surface area contributed by atoms with Gasteiger partial charge < -0.3 is 0 Å². The lowest BCUT2D eigenvalue weighted by atomic mass is 10.3. The van der Waals surface area contributed by atoms with Crippen molar-refractivity contribution < 1.29 is 9.00 Å². The molecule has 1 atom stereocenters. The van der Waals surface area contributed by atoms with Crippen molar-refractivity contribution in [2.75, 3.05) is 0 Å². The largest absolute Gasteiger partial charge is 0.300 e. The molecule has 0 amide bonds. The summed E-state index contributed by atoms with van der Waals surface area (Å²) >= 11 is 0. The number of hydrogen-bond donors (Lipinski definition) is 0. The fraction of sp³-hybridized carbons (Fsp3) is 0.286. The molecule has 3 heteroatoms. The third-order valence-corrected chi connectivity index (χ3v) is 2.37. The van der Waals surface area contributed by atoms with E-state index in [0.29, 0.717) is 11.3 Å². The second kappa shape index (κ2) is 2.92. The number of hydrogen-bond acceptors (Lipinski definition) is 2. The van der Waals surface area contributed by atoms with Gasteiger partial charge in [-0.3, -0.25) is 9.00 Å². The van der Waals surface area contributed by atoms with Gasteiger partial charge in [0.05, 0.1) is 10.8 Å². The van der Waals surface area contributed by atoms with Gasteiger partial charge in [0.15, 0.2) is 0 Å². The minimum atomic E-state index is -1.02. The van der Waals surface area contributed by atoms with Crippen LogP contribution in [0.1, 0.15) is 13.3 Å². The molecule has 0 fully saturated rings. The number of carbonyl (C=O) groups excluding carboxylic acids is 1. The van der Waals surface area contributed by atoms with Crippen molar-refractivity contribution in [3.8, 4) is 0 Å². The van der Waals surface area contributed by atoms with E-state index in [0.717, 1.165) is 0 Å². The lowest BCUT2D eigenvalue weighted by molar-refractivity contribution is -0.116. The molecule has 0 aromatic heterocycles. The summed E-state index contributed by atoms with van der Waals surface area (Å²) in [6.07, 6.45) is 3.77. The quantitative estimate of drug-likeness (QED) is 0.600. The van der Waals surface area contributed by atoms with Crippen molar-refractivity contribution in [2.45, 2.75) is 13.3 Å². The summed E-state index contributed by atoms with van der Waals surface area (Å²) < 4.78 is 10.9. The van der Waals surface area contributed by atoms with Crippen LogP contribution in [0.25, 0.3) is 0 Å². The summed E-state index contributed by atoms with van der Waals surface area (Å²) in [5.74, 6) is 0.0586. The highest BCUT2D eigenvalue weighted by Crippen LogP contribution is 2.14. The maximum Gasteiger partial charge on any atom is 0.134 e. The van der Waals surface area contributed by atoms with Crippen LogP contribution in [0.3, 0.4) is 0 Å². The van der Waals surface area contributed by atoms with Crippen LogP contribution in [0, 0.1) is 0 Å². The fourth-order valence-corrected chi connectivity index (χ4v) is 1.70. The minimum absolute atomic E-state index is 0.0586. The number of Topliss-reactive ketones (excluding diaryl/α,β-unsaturated/α-hetero) is 1. The molecular weight excluding hydrogens is 148 g/mol. The standard InChI is InChI=1S/C7H8O2S/c1-6(8)5-7-3-2-4-10(7)9/h2-4H,5H2,1H3. The Labute approximate surface area is 62.1 Å². The van der Waals surface area contributed by atoms with Crippen molar-refractivity contribution in [3.05, 3.63) is 22.5 Å². The van der Waals surface area contributed by atoms with Crippen LogP contribution in [-0.2, 0) is 15.6 Å². The molecule has 0 aromatic rings. The maximum atomic E-state index is 10.9. The first-order valence-corrected chi connectivity index (χ1v) is 4.19. The van der Waals surface area contributed by atoms with Crippen LogP contribution in [0.15, 0.2) is 22.5 Å². The average Bonchev–Trinajstić information content (AvgIpc) is 2.15. The van der Waals surface area contributed by atoms with E-state index in [9.17, 15) is 9.00 Å². The second-order valence-electron chi connectivity index (χ2n) is 2.14. The van der Waals surface area contributed by atoms with E-state index in [1.165, 1.54) is 6.92 Å². The Morgan fingerprint density at radius 3 is 2.80 bits per heavy atom. The molecule has 0 aromatic carbocycles. The fourth-order valence-electron chi connectivity index (χ4n) is 0.748. The molecule has 1 rings (SSSR count). The van der Waals surface area contributed by atoms with Crippen molar-refractivity contribution in [3.63, 3.8) is 0 Å². The first-order chi connectivity index (χ1) is 4.70. The molecule has 0 radical (unpaired) electrons. The van der Waals surface area contributed by atoms with Gasteiger partial charge in [0, 0.05) is 16.7 Å². The molecule has 0 aliphatic carbocycles. The van der Waals surface area contributed by atoms with E-state index in [4.69, 9.17) is 0 Å². The summed E-state index contributed by atoms with van der Waals surface area (Å²) in [6.45, 7) is 1.50. The van der Waals surface area contributed by atoms with E-state index < -0.39 is 10.8 Å². The Kier molecular flexibility index (Phi) is 2.17. The summed E-state index contributed by atoms with van der Waals surface area (Å²) in [6, 6.07) is 0. The molecule has 1 unspecified atom stereocenters. The van der Waals surface area contributed by atoms with Crippen LogP contribution in [0.4, 0.5) is 0 Å². The zero-order valence-corrected chi connectivity index (χ0v) is 6.48. The highest BCUT2D eigenvalue weighted by molar-refractivity contribution is 7.92. The van der Waals surface area contributed by atoms with Crippen molar-refractivity contribution in [1.29, 1.82) is 0 Å². The highest BCUT2D eigenvalue weighted by atomic mass is 32.2. The van der Waals surface area contributed by atoms with E-state index in [1.807, 2.05) is 0 Å². The first kappa shape index (κ1) is 7.41. The molecule has 0 N–H and O–H groups in total. The molecule has 2 nitrogen and oxygen atoms in total. The lowest BCUT2D eigenvalue weighted by Gasteiger charge is -1.93. The molecule has 1 heterocycles. The maximum absolute atomic E-state index is 10.9.